The number of hydrogen-bond donors (Lipinski definition) is 3. The molecule has 0 bridgehead atoms. The van der Waals surface area contributed by atoms with Crippen LogP contribution in [0.1, 0.15) is 28.7 Å². The van der Waals surface area contributed by atoms with E-state index < -0.39 is 11.8 Å². The van der Waals surface area contributed by atoms with Crippen LogP contribution in [0.2, 0.25) is 0 Å². The number of rotatable bonds is 11. The number of nitrogens with two attached hydrogens (primary N) is 1. The molecule has 4 aromatic carbocycles. The van der Waals surface area contributed by atoms with Crippen molar-refractivity contribution in [3.05, 3.63) is 132 Å². The number of hydrogen-bond acceptors (Lipinski definition) is 5. The zero-order valence-corrected chi connectivity index (χ0v) is 24.6. The highest BCUT2D eigenvalue weighted by molar-refractivity contribution is 6.50. The van der Waals surface area contributed by atoms with Crippen LogP contribution in [-0.2, 0) is 29.3 Å². The summed E-state index contributed by atoms with van der Waals surface area (Å²) >= 11 is 0. The van der Waals surface area contributed by atoms with E-state index in [9.17, 15) is 9.59 Å². The summed E-state index contributed by atoms with van der Waals surface area (Å²) in [5.74, 6) is 0.459. The quantitative estimate of drug-likeness (QED) is 0.154. The lowest BCUT2D eigenvalue weighted by Gasteiger charge is -2.09. The number of aromatic nitrogens is 2. The van der Waals surface area contributed by atoms with Crippen molar-refractivity contribution in [2.75, 3.05) is 6.54 Å². The average molecular weight is 597 g/mol. The van der Waals surface area contributed by atoms with Gasteiger partial charge in [0.05, 0.1) is 11.1 Å². The van der Waals surface area contributed by atoms with Gasteiger partial charge in [-0.05, 0) is 60.5 Å². The Kier molecular flexibility index (Phi) is 7.63. The van der Waals surface area contributed by atoms with Crippen molar-refractivity contribution < 1.29 is 19.1 Å². The summed E-state index contributed by atoms with van der Waals surface area (Å²) in [4.78, 5) is 30.3. The van der Waals surface area contributed by atoms with Crippen molar-refractivity contribution in [1.29, 1.82) is 0 Å². The third-order valence-electron chi connectivity index (χ3n) is 8.08. The summed E-state index contributed by atoms with van der Waals surface area (Å²) in [6.45, 7) is 2.03. The first-order valence-corrected chi connectivity index (χ1v) is 15.0. The largest absolute Gasteiger partial charge is 0.489 e. The SMILES string of the molecule is NCCCn1cc(C2=C(c3c[nH]c4ccc(OCc5ccccc5)cc34)C(=O)NC2=O)c2cc(OCc3ccccc3)ccc21. The van der Waals surface area contributed by atoms with Gasteiger partial charge in [0.25, 0.3) is 11.8 Å². The molecular weight excluding hydrogens is 564 g/mol. The first-order valence-electron chi connectivity index (χ1n) is 15.0. The van der Waals surface area contributed by atoms with Gasteiger partial charge in [-0.2, -0.15) is 0 Å². The number of aromatic amines is 1. The van der Waals surface area contributed by atoms with E-state index in [1.54, 1.807) is 6.20 Å². The normalized spacial score (nSPS) is 13.2. The van der Waals surface area contributed by atoms with Crippen molar-refractivity contribution >= 4 is 44.8 Å². The third kappa shape index (κ3) is 5.59. The number of ether oxygens (including phenoxy) is 2. The van der Waals surface area contributed by atoms with E-state index >= 15 is 0 Å². The maximum absolute atomic E-state index is 13.5. The Balaban J connectivity index is 1.31. The lowest BCUT2D eigenvalue weighted by molar-refractivity contribution is -0.122. The first kappa shape index (κ1) is 28.2. The van der Waals surface area contributed by atoms with Gasteiger partial charge in [0, 0.05) is 51.9 Å². The second kappa shape index (κ2) is 12.2. The van der Waals surface area contributed by atoms with Crippen molar-refractivity contribution in [1.82, 2.24) is 14.9 Å². The minimum atomic E-state index is -0.439. The van der Waals surface area contributed by atoms with Gasteiger partial charge in [-0.3, -0.25) is 14.9 Å². The van der Waals surface area contributed by atoms with Gasteiger partial charge in [0.1, 0.15) is 24.7 Å². The second-order valence-corrected chi connectivity index (χ2v) is 11.0. The summed E-state index contributed by atoms with van der Waals surface area (Å²) in [5, 5.41) is 4.16. The molecule has 224 valence electrons. The topological polar surface area (TPSA) is 111 Å². The number of amides is 2. The standard InChI is InChI=1S/C37H32N4O4/c38-16-7-17-41-21-31(29-19-27(13-15-33(29)41)45-23-25-10-5-2-6-11-25)35-34(36(42)40-37(35)43)30-20-39-32-14-12-26(18-28(30)32)44-22-24-8-3-1-4-9-24/h1-6,8-15,18-21,39H,7,16-17,22-23,38H2,(H,40,42,43). The number of nitrogens with zero attached hydrogens (tertiary/aromatic N) is 1. The van der Waals surface area contributed by atoms with Crippen LogP contribution in [0.5, 0.6) is 11.5 Å². The average Bonchev–Trinajstić information content (AvgIpc) is 3.74. The Morgan fingerprint density at radius 1 is 0.689 bits per heavy atom. The van der Waals surface area contributed by atoms with Crippen LogP contribution < -0.4 is 20.5 Å². The predicted molar refractivity (Wildman–Crippen MR) is 175 cm³/mol. The third-order valence-corrected chi connectivity index (χ3v) is 8.08. The zero-order valence-electron chi connectivity index (χ0n) is 24.6. The fourth-order valence-corrected chi connectivity index (χ4v) is 5.86. The van der Waals surface area contributed by atoms with Gasteiger partial charge in [0.2, 0.25) is 0 Å². The minimum absolute atomic E-state index is 0.319. The van der Waals surface area contributed by atoms with Gasteiger partial charge in [-0.1, -0.05) is 60.7 Å². The molecule has 0 saturated carbocycles. The molecule has 1 aliphatic rings. The summed E-state index contributed by atoms with van der Waals surface area (Å²) in [6.07, 6.45) is 4.49. The number of nitrogens with one attached hydrogen (secondary N) is 2. The number of benzene rings is 4. The number of imide groups is 1. The summed E-state index contributed by atoms with van der Waals surface area (Å²) < 4.78 is 14.3. The number of H-pyrrole nitrogens is 1. The van der Waals surface area contributed by atoms with Crippen LogP contribution in [0.3, 0.4) is 0 Å². The van der Waals surface area contributed by atoms with Gasteiger partial charge < -0.3 is 24.8 Å². The van der Waals surface area contributed by atoms with Crippen molar-refractivity contribution in [2.45, 2.75) is 26.2 Å². The molecule has 4 N–H and O–H groups in total. The minimum Gasteiger partial charge on any atom is -0.489 e. The molecule has 2 aromatic heterocycles. The molecule has 7 rings (SSSR count). The van der Waals surface area contributed by atoms with E-state index in [0.717, 1.165) is 39.4 Å². The van der Waals surface area contributed by atoms with Crippen molar-refractivity contribution in [3.63, 3.8) is 0 Å². The summed E-state index contributed by atoms with van der Waals surface area (Å²) in [5.41, 5.74) is 11.7. The lowest BCUT2D eigenvalue weighted by Crippen LogP contribution is -2.22. The highest BCUT2D eigenvalue weighted by Gasteiger charge is 2.35. The van der Waals surface area contributed by atoms with E-state index in [2.05, 4.69) is 14.9 Å². The molecule has 8 heteroatoms. The molecule has 0 atom stereocenters. The Morgan fingerprint density at radius 2 is 1.29 bits per heavy atom. The summed E-state index contributed by atoms with van der Waals surface area (Å²) in [7, 11) is 0. The molecule has 0 spiro atoms. The Hall–Kier alpha value is -5.60. The lowest BCUT2D eigenvalue weighted by atomic mass is 9.95. The molecule has 0 saturated heterocycles. The smallest absolute Gasteiger partial charge is 0.259 e. The molecule has 0 unspecified atom stereocenters. The highest BCUT2D eigenvalue weighted by Crippen LogP contribution is 2.40. The Morgan fingerprint density at radius 3 is 1.93 bits per heavy atom. The molecule has 0 radical (unpaired) electrons. The molecule has 0 fully saturated rings. The fraction of sp³-hybridized carbons (Fsp3) is 0.135. The van der Waals surface area contributed by atoms with Crippen LogP contribution >= 0.6 is 0 Å². The zero-order chi connectivity index (χ0) is 30.8. The van der Waals surface area contributed by atoms with Gasteiger partial charge in [-0.15, -0.1) is 0 Å². The Bertz CT molecular complexity index is 2060. The molecule has 8 nitrogen and oxygen atoms in total. The number of aryl methyl sites for hydroxylation is 1. The van der Waals surface area contributed by atoms with Gasteiger partial charge >= 0.3 is 0 Å². The molecule has 6 aromatic rings. The van der Waals surface area contributed by atoms with Gasteiger partial charge in [-0.25, -0.2) is 0 Å². The van der Waals surface area contributed by atoms with Crippen LogP contribution in [0.15, 0.2) is 109 Å². The van der Waals surface area contributed by atoms with E-state index in [0.29, 0.717) is 60.1 Å². The fourth-order valence-electron chi connectivity index (χ4n) is 5.86. The van der Waals surface area contributed by atoms with Crippen LogP contribution in [-0.4, -0.2) is 27.9 Å². The molecule has 2 amide bonds. The van der Waals surface area contributed by atoms with Crippen molar-refractivity contribution in [3.8, 4) is 11.5 Å². The summed E-state index contributed by atoms with van der Waals surface area (Å²) in [6, 6.07) is 31.5. The number of fused-ring (bicyclic) bond motifs is 2. The van der Waals surface area contributed by atoms with Crippen LogP contribution in [0.4, 0.5) is 0 Å². The van der Waals surface area contributed by atoms with E-state index in [1.165, 1.54) is 0 Å². The van der Waals surface area contributed by atoms with E-state index in [4.69, 9.17) is 15.2 Å². The Labute approximate surface area is 260 Å². The monoisotopic (exact) mass is 596 g/mol. The van der Waals surface area contributed by atoms with Crippen LogP contribution in [0.25, 0.3) is 33.0 Å². The second-order valence-electron chi connectivity index (χ2n) is 11.0. The van der Waals surface area contributed by atoms with E-state index in [-0.39, 0.29) is 0 Å². The maximum Gasteiger partial charge on any atom is 0.259 e. The first-order chi connectivity index (χ1) is 22.1. The molecule has 0 aliphatic carbocycles. The number of carbonyl (C=O) groups is 2. The van der Waals surface area contributed by atoms with Gasteiger partial charge in [0.15, 0.2) is 0 Å². The number of carbonyl (C=O) groups excluding carboxylic acids is 2. The molecule has 3 heterocycles. The molecule has 1 aliphatic heterocycles. The van der Waals surface area contributed by atoms with Crippen LogP contribution in [0, 0.1) is 0 Å². The molecular formula is C37H32N4O4. The molecule has 45 heavy (non-hydrogen) atoms. The highest BCUT2D eigenvalue weighted by atomic mass is 16.5. The maximum atomic E-state index is 13.5. The predicted octanol–water partition coefficient (Wildman–Crippen LogP) is 6.20. The van der Waals surface area contributed by atoms with Crippen molar-refractivity contribution in [2.24, 2.45) is 5.73 Å². The van der Waals surface area contributed by atoms with E-state index in [1.807, 2.05) is 103 Å².